The van der Waals surface area contributed by atoms with Gasteiger partial charge in [-0.2, -0.15) is 13.2 Å². The van der Waals surface area contributed by atoms with Crippen LogP contribution in [0.1, 0.15) is 48.8 Å². The number of nitrogens with one attached hydrogen (secondary N) is 2. The Morgan fingerprint density at radius 3 is 2.35 bits per heavy atom. The third-order valence-electron chi connectivity index (χ3n) is 11.5. The Labute approximate surface area is 305 Å². The molecule has 1 aromatic heterocycles. The summed E-state index contributed by atoms with van der Waals surface area (Å²) in [5.41, 5.74) is 0.883. The van der Waals surface area contributed by atoms with Crippen LogP contribution in [0.5, 0.6) is 0 Å². The highest BCUT2D eigenvalue weighted by atomic mass is 35.5. The second-order valence-corrected chi connectivity index (χ2v) is 15.6. The van der Waals surface area contributed by atoms with Gasteiger partial charge >= 0.3 is 18.3 Å². The third-order valence-corrected chi connectivity index (χ3v) is 12.6. The number of thiophene rings is 1. The lowest BCUT2D eigenvalue weighted by atomic mass is 9.99. The van der Waals surface area contributed by atoms with Crippen molar-refractivity contribution in [1.29, 1.82) is 0 Å². The number of amides is 4. The summed E-state index contributed by atoms with van der Waals surface area (Å²) in [6.45, 7) is 4.23. The molecule has 7 rings (SSSR count). The van der Waals surface area contributed by atoms with Crippen molar-refractivity contribution in [3.63, 3.8) is 0 Å². The van der Waals surface area contributed by atoms with Crippen LogP contribution in [-0.2, 0) is 28.5 Å². The zero-order chi connectivity index (χ0) is 36.0. The lowest BCUT2D eigenvalue weighted by Gasteiger charge is -2.42. The lowest BCUT2D eigenvalue weighted by Crippen LogP contribution is -2.55. The number of nitrogens with zero attached hydrogens (tertiary/aromatic N) is 5. The molecule has 4 amide bonds. The molecular weight excluding hydrogens is 707 g/mol. The predicted octanol–water partition coefficient (Wildman–Crippen LogP) is 5.44. The second-order valence-electron chi connectivity index (χ2n) is 14.5. The first-order valence-corrected chi connectivity index (χ1v) is 19.1. The summed E-state index contributed by atoms with van der Waals surface area (Å²) in [7, 11) is 3.53. The van der Waals surface area contributed by atoms with Crippen LogP contribution in [-0.4, -0.2) is 133 Å². The van der Waals surface area contributed by atoms with Crippen LogP contribution in [0.25, 0.3) is 0 Å². The summed E-state index contributed by atoms with van der Waals surface area (Å²) in [5, 5.41) is 9.35. The maximum atomic E-state index is 14.1. The van der Waals surface area contributed by atoms with Gasteiger partial charge in [-0.15, -0.1) is 11.3 Å². The van der Waals surface area contributed by atoms with Crippen LogP contribution < -0.4 is 10.6 Å². The van der Waals surface area contributed by atoms with E-state index in [9.17, 15) is 27.6 Å². The Balaban J connectivity index is 1.03. The monoisotopic (exact) mass is 751 g/mol. The number of alkyl halides is 3. The van der Waals surface area contributed by atoms with E-state index < -0.39 is 29.8 Å². The molecule has 51 heavy (non-hydrogen) atoms. The van der Waals surface area contributed by atoms with E-state index in [1.165, 1.54) is 24.4 Å². The molecule has 0 radical (unpaired) electrons. The fraction of sp³-hybridized carbons (Fsp3) is 0.629. The van der Waals surface area contributed by atoms with Crippen molar-refractivity contribution >= 4 is 52.3 Å². The van der Waals surface area contributed by atoms with E-state index in [1.54, 1.807) is 16.2 Å². The molecule has 11 nitrogen and oxygen atoms in total. The molecule has 278 valence electrons. The molecule has 0 aliphatic carbocycles. The van der Waals surface area contributed by atoms with Crippen LogP contribution in [0.3, 0.4) is 0 Å². The number of halogens is 4. The van der Waals surface area contributed by atoms with Gasteiger partial charge in [-0.3, -0.25) is 9.69 Å². The van der Waals surface area contributed by atoms with Gasteiger partial charge in [0.25, 0.3) is 5.91 Å². The number of likely N-dealkylation sites (tertiary alicyclic amines) is 4. The van der Waals surface area contributed by atoms with E-state index >= 15 is 0 Å². The second kappa shape index (κ2) is 14.6. The van der Waals surface area contributed by atoms with E-state index in [2.05, 4.69) is 27.5 Å². The Kier molecular flexibility index (Phi) is 10.4. The van der Waals surface area contributed by atoms with E-state index in [0.717, 1.165) is 49.7 Å². The number of ether oxygens (including phenoxy) is 1. The minimum atomic E-state index is -4.69. The topological polar surface area (TPSA) is 101 Å². The SMILES string of the molecule is CNc1c(Cl)cc(C[C@@H](OC(=O)N2CCC(N3CCc4cscc4NC3=O)CC2)C(=O)N2CCC(N3CC4CC3CN4C)CC2)cc1C(F)(F)F. The normalized spacial score (nSPS) is 24.4. The molecule has 2 N–H and O–H groups in total. The van der Waals surface area contributed by atoms with E-state index in [-0.39, 0.29) is 34.8 Å². The molecule has 2 aromatic rings. The van der Waals surface area contributed by atoms with Gasteiger partial charge < -0.3 is 35.0 Å². The first kappa shape index (κ1) is 36.1. The summed E-state index contributed by atoms with van der Waals surface area (Å²) in [6, 6.07) is 3.59. The van der Waals surface area contributed by atoms with Crippen LogP contribution in [0, 0.1) is 0 Å². The van der Waals surface area contributed by atoms with Gasteiger partial charge in [-0.25, -0.2) is 9.59 Å². The fourth-order valence-electron chi connectivity index (χ4n) is 8.68. The lowest BCUT2D eigenvalue weighted by molar-refractivity contribution is -0.142. The molecule has 4 fully saturated rings. The van der Waals surface area contributed by atoms with Crippen molar-refractivity contribution in [2.45, 2.75) is 81.4 Å². The van der Waals surface area contributed by atoms with Gasteiger partial charge in [0.2, 0.25) is 0 Å². The standard InChI is InChI=1S/C35H45ClF3N7O4S/c1-40-31-27(35(37,38)39)13-21(14-28(31)36)15-30(32(47)43-8-4-24(5-9-43)46-18-25-16-26(46)17-42(25)2)50-34(49)44-10-6-23(7-11-44)45-12-3-22-19-51-20-29(22)41-33(45)48/h13-14,19-20,23-26,30,40H,3-12,15-18H2,1-2H3,(H,41,48)/t25?,26?,30-/m1/s1. The van der Waals surface area contributed by atoms with Gasteiger partial charge in [-0.05, 0) is 74.2 Å². The van der Waals surface area contributed by atoms with Gasteiger partial charge in [0, 0.05) is 88.8 Å². The van der Waals surface area contributed by atoms with Crippen molar-refractivity contribution < 1.29 is 32.3 Å². The highest BCUT2D eigenvalue weighted by Crippen LogP contribution is 2.40. The molecule has 0 spiro atoms. The zero-order valence-corrected chi connectivity index (χ0v) is 30.5. The highest BCUT2D eigenvalue weighted by Gasteiger charge is 2.45. The van der Waals surface area contributed by atoms with Crippen molar-refractivity contribution in [2.75, 3.05) is 70.5 Å². The van der Waals surface area contributed by atoms with E-state index in [0.29, 0.717) is 63.7 Å². The number of fused-ring (bicyclic) bond motifs is 3. The molecule has 3 atom stereocenters. The maximum Gasteiger partial charge on any atom is 0.418 e. The molecule has 0 saturated carbocycles. The maximum absolute atomic E-state index is 14.1. The smallest absolute Gasteiger partial charge is 0.418 e. The highest BCUT2D eigenvalue weighted by molar-refractivity contribution is 7.08. The van der Waals surface area contributed by atoms with Gasteiger partial charge in [-0.1, -0.05) is 11.6 Å². The molecule has 2 unspecified atom stereocenters. The zero-order valence-electron chi connectivity index (χ0n) is 28.9. The van der Waals surface area contributed by atoms with Crippen LogP contribution in [0.15, 0.2) is 22.9 Å². The molecule has 5 aliphatic rings. The molecule has 4 saturated heterocycles. The van der Waals surface area contributed by atoms with Crippen LogP contribution in [0.2, 0.25) is 5.02 Å². The number of hydrogen-bond donors (Lipinski definition) is 2. The van der Waals surface area contributed by atoms with Crippen molar-refractivity contribution in [2.24, 2.45) is 0 Å². The van der Waals surface area contributed by atoms with Crippen molar-refractivity contribution in [3.05, 3.63) is 44.6 Å². The van der Waals surface area contributed by atoms with Crippen LogP contribution >= 0.6 is 22.9 Å². The number of carbonyl (C=O) groups excluding carboxylic acids is 3. The fourth-order valence-corrected chi connectivity index (χ4v) is 9.84. The number of piperidine rings is 2. The molecule has 1 aromatic carbocycles. The quantitative estimate of drug-likeness (QED) is 0.389. The van der Waals surface area contributed by atoms with Crippen molar-refractivity contribution in [3.8, 4) is 0 Å². The Morgan fingerprint density at radius 2 is 1.71 bits per heavy atom. The minimum Gasteiger partial charge on any atom is -0.436 e. The Hall–Kier alpha value is -3.27. The summed E-state index contributed by atoms with van der Waals surface area (Å²) < 4.78 is 48.0. The van der Waals surface area contributed by atoms with Crippen LogP contribution in [0.4, 0.5) is 34.1 Å². The van der Waals surface area contributed by atoms with Gasteiger partial charge in [0.05, 0.1) is 22.0 Å². The summed E-state index contributed by atoms with van der Waals surface area (Å²) in [6.07, 6.45) is -2.44. The number of carbonyl (C=O) groups is 3. The summed E-state index contributed by atoms with van der Waals surface area (Å²) in [4.78, 5) is 50.8. The summed E-state index contributed by atoms with van der Waals surface area (Å²) in [5.74, 6) is -0.421. The first-order valence-electron chi connectivity index (χ1n) is 17.8. The number of benzene rings is 1. The number of piperazine rings is 1. The molecule has 6 heterocycles. The van der Waals surface area contributed by atoms with E-state index in [4.69, 9.17) is 16.3 Å². The van der Waals surface area contributed by atoms with Gasteiger partial charge in [0.15, 0.2) is 6.10 Å². The number of likely N-dealkylation sites (N-methyl/N-ethyl adjacent to an activating group) is 1. The number of anilines is 2. The largest absolute Gasteiger partial charge is 0.436 e. The number of urea groups is 1. The Morgan fingerprint density at radius 1 is 1.00 bits per heavy atom. The van der Waals surface area contributed by atoms with Gasteiger partial charge in [0.1, 0.15) is 0 Å². The minimum absolute atomic E-state index is 0.0692. The Bertz CT molecular complexity index is 1630. The average Bonchev–Trinajstić information content (AvgIpc) is 3.81. The summed E-state index contributed by atoms with van der Waals surface area (Å²) >= 11 is 7.85. The average molecular weight is 752 g/mol. The van der Waals surface area contributed by atoms with E-state index in [1.807, 2.05) is 15.7 Å². The molecular formula is C35H45ClF3N7O4S. The number of hydrogen-bond acceptors (Lipinski definition) is 8. The molecule has 5 aliphatic heterocycles. The molecule has 16 heteroatoms. The predicted molar refractivity (Wildman–Crippen MR) is 189 cm³/mol. The third kappa shape index (κ3) is 7.49. The molecule has 2 bridgehead atoms. The number of rotatable bonds is 7. The van der Waals surface area contributed by atoms with Crippen molar-refractivity contribution in [1.82, 2.24) is 24.5 Å². The first-order chi connectivity index (χ1) is 24.4.